The Labute approximate surface area is 143 Å². The van der Waals surface area contributed by atoms with Crippen molar-refractivity contribution in [1.29, 1.82) is 5.26 Å². The molecule has 0 radical (unpaired) electrons. The van der Waals surface area contributed by atoms with Crippen LogP contribution < -0.4 is 0 Å². The van der Waals surface area contributed by atoms with Gasteiger partial charge in [-0.3, -0.25) is 5.10 Å². The number of nitriles is 1. The van der Waals surface area contributed by atoms with Crippen molar-refractivity contribution >= 4 is 32.0 Å². The second-order valence-electron chi connectivity index (χ2n) is 6.04. The van der Waals surface area contributed by atoms with Crippen molar-refractivity contribution in [3.63, 3.8) is 0 Å². The molecule has 1 fully saturated rings. The second-order valence-corrected chi connectivity index (χ2v) is 8.01. The van der Waals surface area contributed by atoms with Crippen LogP contribution in [-0.4, -0.2) is 56.9 Å². The number of piperidine rings is 1. The van der Waals surface area contributed by atoms with Gasteiger partial charge in [-0.1, -0.05) is 0 Å². The predicted octanol–water partition coefficient (Wildman–Crippen LogP) is 0.934. The number of rotatable bonds is 3. The summed E-state index contributed by atoms with van der Waals surface area (Å²) in [5.74, 6) is -0.555. The molecular formula is C15H15N7O2S. The monoisotopic (exact) mass is 357 g/mol. The van der Waals surface area contributed by atoms with Crippen LogP contribution in [0, 0.1) is 11.3 Å². The Morgan fingerprint density at radius 1 is 1.40 bits per heavy atom. The first-order chi connectivity index (χ1) is 12.1. The zero-order valence-corrected chi connectivity index (χ0v) is 14.1. The van der Waals surface area contributed by atoms with Crippen LogP contribution >= 0.6 is 0 Å². The van der Waals surface area contributed by atoms with Gasteiger partial charge in [0.2, 0.25) is 10.0 Å². The standard InChI is InChI=1S/C15H15N7O2S/c16-4-7-25(23,24)22-6-1-2-10(9-22)14-13-11-3-5-17-15(11)21-19-12(13)8-18-20-14/h3,5,8,10,20H,1-2,6-7,9H2. The Morgan fingerprint density at radius 3 is 3.12 bits per heavy atom. The molecule has 0 spiro atoms. The molecule has 9 nitrogen and oxygen atoms in total. The van der Waals surface area contributed by atoms with Crippen molar-refractivity contribution < 1.29 is 8.42 Å². The molecule has 1 unspecified atom stereocenters. The van der Waals surface area contributed by atoms with Crippen LogP contribution in [0.2, 0.25) is 0 Å². The van der Waals surface area contributed by atoms with Gasteiger partial charge >= 0.3 is 0 Å². The van der Waals surface area contributed by atoms with Crippen LogP contribution in [0.1, 0.15) is 24.5 Å². The van der Waals surface area contributed by atoms with Crippen molar-refractivity contribution in [2.24, 2.45) is 0 Å². The number of fused-ring (bicyclic) bond motifs is 3. The topological polar surface area (TPSA) is 129 Å². The molecule has 128 valence electrons. The molecule has 3 aromatic rings. The number of hydrogen-bond acceptors (Lipinski definition) is 7. The summed E-state index contributed by atoms with van der Waals surface area (Å²) >= 11 is 0. The van der Waals surface area contributed by atoms with E-state index in [0.29, 0.717) is 24.3 Å². The van der Waals surface area contributed by atoms with E-state index >= 15 is 0 Å². The molecule has 0 amide bonds. The first-order valence-corrected chi connectivity index (χ1v) is 9.50. The molecule has 0 aromatic carbocycles. The van der Waals surface area contributed by atoms with Gasteiger partial charge in [0.15, 0.2) is 11.4 Å². The maximum atomic E-state index is 12.2. The molecule has 25 heavy (non-hydrogen) atoms. The van der Waals surface area contributed by atoms with Gasteiger partial charge in [0, 0.05) is 41.7 Å². The lowest BCUT2D eigenvalue weighted by atomic mass is 9.93. The Kier molecular flexibility index (Phi) is 3.82. The lowest BCUT2D eigenvalue weighted by Gasteiger charge is -2.31. The zero-order valence-electron chi connectivity index (χ0n) is 13.3. The summed E-state index contributed by atoms with van der Waals surface area (Å²) in [7, 11) is -3.56. The molecule has 1 N–H and O–H groups in total. The highest BCUT2D eigenvalue weighted by molar-refractivity contribution is 7.89. The Morgan fingerprint density at radius 2 is 2.28 bits per heavy atom. The van der Waals surface area contributed by atoms with E-state index < -0.39 is 15.8 Å². The predicted molar refractivity (Wildman–Crippen MR) is 89.9 cm³/mol. The number of nitrogens with zero attached hydrogens (tertiary/aromatic N) is 6. The normalized spacial score (nSPS) is 19.2. The Hall–Kier alpha value is -2.64. The smallest absolute Gasteiger partial charge is 0.227 e. The van der Waals surface area contributed by atoms with Crippen LogP contribution in [0.3, 0.4) is 0 Å². The molecule has 1 aliphatic rings. The Bertz CT molecular complexity index is 1090. The maximum Gasteiger partial charge on any atom is 0.227 e. The van der Waals surface area contributed by atoms with Gasteiger partial charge in [-0.15, -0.1) is 10.2 Å². The summed E-state index contributed by atoms with van der Waals surface area (Å²) in [6.07, 6.45) is 4.83. The number of sulfonamides is 1. The summed E-state index contributed by atoms with van der Waals surface area (Å²) < 4.78 is 25.9. The minimum absolute atomic E-state index is 0.0549. The van der Waals surface area contributed by atoms with Crippen LogP contribution in [-0.2, 0) is 10.0 Å². The minimum atomic E-state index is -3.56. The van der Waals surface area contributed by atoms with E-state index in [1.54, 1.807) is 18.5 Å². The van der Waals surface area contributed by atoms with Gasteiger partial charge in [-0.25, -0.2) is 17.7 Å². The van der Waals surface area contributed by atoms with Crippen molar-refractivity contribution in [3.05, 3.63) is 24.2 Å². The van der Waals surface area contributed by atoms with Crippen molar-refractivity contribution in [1.82, 2.24) is 29.7 Å². The summed E-state index contributed by atoms with van der Waals surface area (Å²) in [6, 6.07) is 3.61. The van der Waals surface area contributed by atoms with E-state index in [1.807, 2.05) is 6.07 Å². The number of hydrogen-bond donors (Lipinski definition) is 1. The second kappa shape index (κ2) is 6.02. The molecule has 4 rings (SSSR count). The van der Waals surface area contributed by atoms with Crippen molar-refractivity contribution in [2.75, 3.05) is 18.8 Å². The molecule has 1 saturated heterocycles. The van der Waals surface area contributed by atoms with E-state index in [2.05, 4.69) is 25.4 Å². The van der Waals surface area contributed by atoms with Crippen LogP contribution in [0.4, 0.5) is 0 Å². The van der Waals surface area contributed by atoms with Gasteiger partial charge in [-0.05, 0) is 18.9 Å². The van der Waals surface area contributed by atoms with E-state index in [9.17, 15) is 8.42 Å². The molecule has 3 aromatic heterocycles. The van der Waals surface area contributed by atoms with E-state index in [0.717, 1.165) is 29.3 Å². The highest BCUT2D eigenvalue weighted by atomic mass is 32.2. The maximum absolute atomic E-state index is 12.2. The quantitative estimate of drug-likeness (QED) is 0.738. The first kappa shape index (κ1) is 15.9. The van der Waals surface area contributed by atoms with Crippen molar-refractivity contribution in [3.8, 4) is 6.07 Å². The summed E-state index contributed by atoms with van der Waals surface area (Å²) in [6.45, 7) is 0.755. The average Bonchev–Trinajstić information content (AvgIpc) is 3.10. The van der Waals surface area contributed by atoms with Crippen LogP contribution in [0.15, 0.2) is 18.5 Å². The molecular weight excluding hydrogens is 342 g/mol. The third-order valence-corrected chi connectivity index (χ3v) is 6.14. The largest absolute Gasteiger partial charge is 0.282 e. The highest BCUT2D eigenvalue weighted by Gasteiger charge is 2.31. The number of nitrogens with one attached hydrogen (secondary N) is 1. The number of aromatic amines is 1. The summed E-state index contributed by atoms with van der Waals surface area (Å²) in [5, 5.41) is 25.9. The third-order valence-electron chi connectivity index (χ3n) is 4.53. The molecule has 0 bridgehead atoms. The number of aromatic nitrogens is 5. The summed E-state index contributed by atoms with van der Waals surface area (Å²) in [4.78, 5) is 4.18. The first-order valence-electron chi connectivity index (χ1n) is 7.89. The van der Waals surface area contributed by atoms with E-state index in [-0.39, 0.29) is 5.92 Å². The SMILES string of the molecule is N#CCS(=O)(=O)N1CCCC(c2[nH]ncc3nnc4nccc4c23)C1. The van der Waals surface area contributed by atoms with Gasteiger partial charge < -0.3 is 0 Å². The fourth-order valence-corrected chi connectivity index (χ4v) is 4.54. The van der Waals surface area contributed by atoms with Gasteiger partial charge in [0.05, 0.1) is 12.3 Å². The average molecular weight is 357 g/mol. The molecule has 0 saturated carbocycles. The van der Waals surface area contributed by atoms with Gasteiger partial charge in [0.25, 0.3) is 0 Å². The highest BCUT2D eigenvalue weighted by Crippen LogP contribution is 2.33. The summed E-state index contributed by atoms with van der Waals surface area (Å²) in [5.41, 5.74) is 2.03. The van der Waals surface area contributed by atoms with Gasteiger partial charge in [0.1, 0.15) is 5.52 Å². The minimum Gasteiger partial charge on any atom is -0.282 e. The lowest BCUT2D eigenvalue weighted by Crippen LogP contribution is -2.40. The molecule has 10 heteroatoms. The molecule has 1 atom stereocenters. The Balaban J connectivity index is 1.79. The van der Waals surface area contributed by atoms with Gasteiger partial charge in [-0.2, -0.15) is 10.4 Å². The van der Waals surface area contributed by atoms with E-state index in [4.69, 9.17) is 5.26 Å². The van der Waals surface area contributed by atoms with E-state index in [1.165, 1.54) is 4.31 Å². The number of H-pyrrole nitrogens is 1. The van der Waals surface area contributed by atoms with Crippen LogP contribution in [0.5, 0.6) is 0 Å². The lowest BCUT2D eigenvalue weighted by molar-refractivity contribution is 0.314. The van der Waals surface area contributed by atoms with Crippen molar-refractivity contribution in [2.45, 2.75) is 18.8 Å². The fourth-order valence-electron chi connectivity index (χ4n) is 3.38. The zero-order chi connectivity index (χ0) is 17.4. The molecule has 1 aliphatic heterocycles. The molecule has 0 aliphatic carbocycles. The third kappa shape index (κ3) is 2.71. The fraction of sp³-hybridized carbons (Fsp3) is 0.400. The van der Waals surface area contributed by atoms with Crippen LogP contribution in [0.25, 0.3) is 21.9 Å². The molecule has 4 heterocycles.